The molecule has 0 N–H and O–H groups in total. The topological polar surface area (TPSA) is 61.8 Å². The largest absolute Gasteiger partial charge is 0.501 e. The van der Waals surface area contributed by atoms with Crippen molar-refractivity contribution in [2.45, 2.75) is 33.6 Å². The highest BCUT2D eigenvalue weighted by molar-refractivity contribution is 5.88. The molecule has 0 spiro atoms. The predicted molar refractivity (Wildman–Crippen MR) is 62.2 cm³/mol. The maximum Gasteiger partial charge on any atom is 0.337 e. The van der Waals surface area contributed by atoms with Crippen LogP contribution in [-0.4, -0.2) is 31.8 Å². The minimum absolute atomic E-state index is 0.144. The Bertz CT molecular complexity index is 270. The smallest absolute Gasteiger partial charge is 0.337 e. The molecule has 0 unspecified atom stereocenters. The van der Waals surface area contributed by atoms with Gasteiger partial charge in [-0.1, -0.05) is 0 Å². The molecule has 0 aromatic carbocycles. The van der Waals surface area contributed by atoms with E-state index in [2.05, 4.69) is 0 Å². The van der Waals surface area contributed by atoms with Crippen molar-refractivity contribution in [2.75, 3.05) is 19.8 Å². The summed E-state index contributed by atoms with van der Waals surface area (Å²) < 4.78 is 14.7. The van der Waals surface area contributed by atoms with Crippen LogP contribution in [0.4, 0.5) is 0 Å². The number of esters is 2. The second kappa shape index (κ2) is 9.69. The van der Waals surface area contributed by atoms with E-state index in [9.17, 15) is 9.59 Å². The Kier molecular flexibility index (Phi) is 8.82. The summed E-state index contributed by atoms with van der Waals surface area (Å²) in [5.74, 6) is -0.788. The normalized spacial score (nSPS) is 10.9. The molecule has 0 heterocycles. The van der Waals surface area contributed by atoms with Crippen LogP contribution >= 0.6 is 0 Å². The molecule has 0 rings (SSSR count). The van der Waals surface area contributed by atoms with Crippen LogP contribution in [-0.2, 0) is 23.8 Å². The van der Waals surface area contributed by atoms with Gasteiger partial charge in [-0.05, 0) is 27.2 Å². The lowest BCUT2D eigenvalue weighted by Crippen LogP contribution is -2.11. The third-order valence-corrected chi connectivity index (χ3v) is 1.83. The first kappa shape index (κ1) is 15.5. The van der Waals surface area contributed by atoms with Crippen LogP contribution in [0.5, 0.6) is 0 Å². The molecule has 0 atom stereocenters. The van der Waals surface area contributed by atoms with Crippen molar-refractivity contribution in [3.8, 4) is 0 Å². The van der Waals surface area contributed by atoms with Gasteiger partial charge in [-0.25, -0.2) is 4.79 Å². The van der Waals surface area contributed by atoms with Gasteiger partial charge < -0.3 is 14.2 Å². The van der Waals surface area contributed by atoms with Gasteiger partial charge in [0.15, 0.2) is 0 Å². The van der Waals surface area contributed by atoms with E-state index in [1.807, 2.05) is 6.92 Å². The first-order valence-corrected chi connectivity index (χ1v) is 5.79. The first-order valence-electron chi connectivity index (χ1n) is 5.79. The highest BCUT2D eigenvalue weighted by atomic mass is 16.5. The van der Waals surface area contributed by atoms with E-state index in [0.717, 1.165) is 0 Å². The third-order valence-electron chi connectivity index (χ3n) is 1.83. The Morgan fingerprint density at radius 3 is 2.12 bits per heavy atom. The monoisotopic (exact) mass is 244 g/mol. The summed E-state index contributed by atoms with van der Waals surface area (Å²) in [6.45, 7) is 6.36. The van der Waals surface area contributed by atoms with Crippen LogP contribution in [0.3, 0.4) is 0 Å². The van der Waals surface area contributed by atoms with Crippen LogP contribution in [0.2, 0.25) is 0 Å². The van der Waals surface area contributed by atoms with Gasteiger partial charge in [0.2, 0.25) is 0 Å². The molecule has 5 heteroatoms. The summed E-state index contributed by atoms with van der Waals surface area (Å²) in [6, 6.07) is 0. The number of hydrogen-bond acceptors (Lipinski definition) is 5. The molecule has 5 nitrogen and oxygen atoms in total. The van der Waals surface area contributed by atoms with Crippen LogP contribution in [0.1, 0.15) is 33.6 Å². The number of hydrogen-bond donors (Lipinski definition) is 0. The van der Waals surface area contributed by atoms with Crippen molar-refractivity contribution in [1.82, 2.24) is 0 Å². The molecule has 0 fully saturated rings. The number of carbonyl (C=O) groups excluding carboxylic acids is 2. The fourth-order valence-electron chi connectivity index (χ4n) is 1.09. The van der Waals surface area contributed by atoms with E-state index < -0.39 is 5.97 Å². The maximum atomic E-state index is 11.5. The highest BCUT2D eigenvalue weighted by Crippen LogP contribution is 2.09. The quantitative estimate of drug-likeness (QED) is 0.370. The summed E-state index contributed by atoms with van der Waals surface area (Å²) in [4.78, 5) is 22.7. The zero-order chi connectivity index (χ0) is 13.1. The lowest BCUT2D eigenvalue weighted by Gasteiger charge is -2.07. The number of rotatable bonds is 8. The van der Waals surface area contributed by atoms with Gasteiger partial charge in [-0.15, -0.1) is 0 Å². The summed E-state index contributed by atoms with van der Waals surface area (Å²) in [5, 5.41) is 0. The fraction of sp³-hybridized carbons (Fsp3) is 0.667. The molecule has 0 aromatic rings. The van der Waals surface area contributed by atoms with E-state index >= 15 is 0 Å². The molecule has 0 saturated heterocycles. The van der Waals surface area contributed by atoms with E-state index in [1.54, 1.807) is 13.8 Å². The van der Waals surface area contributed by atoms with Crippen LogP contribution in [0.15, 0.2) is 11.8 Å². The van der Waals surface area contributed by atoms with Crippen molar-refractivity contribution in [3.05, 3.63) is 11.8 Å². The summed E-state index contributed by atoms with van der Waals surface area (Å²) in [7, 11) is 0. The van der Waals surface area contributed by atoms with Gasteiger partial charge in [0.1, 0.15) is 0 Å². The fourth-order valence-corrected chi connectivity index (χ4v) is 1.09. The minimum Gasteiger partial charge on any atom is -0.501 e. The number of ether oxygens (including phenoxy) is 3. The Morgan fingerprint density at radius 1 is 0.941 bits per heavy atom. The Balaban J connectivity index is 4.29. The third kappa shape index (κ3) is 7.38. The SMILES string of the molecule is CCOC=C(CCC(=O)OCC)C(=O)OCC. The van der Waals surface area contributed by atoms with Crippen LogP contribution < -0.4 is 0 Å². The molecule has 0 aliphatic carbocycles. The second-order valence-electron chi connectivity index (χ2n) is 3.12. The predicted octanol–water partition coefficient (Wildman–Crippen LogP) is 1.81. The Labute approximate surface area is 102 Å². The summed E-state index contributed by atoms with van der Waals surface area (Å²) in [5.41, 5.74) is 0.349. The molecule has 0 amide bonds. The first-order chi connectivity index (χ1) is 8.15. The molecule has 0 aliphatic rings. The van der Waals surface area contributed by atoms with E-state index in [4.69, 9.17) is 14.2 Å². The zero-order valence-corrected chi connectivity index (χ0v) is 10.7. The molecule has 0 bridgehead atoms. The molecule has 0 radical (unpaired) electrons. The van der Waals surface area contributed by atoms with Gasteiger partial charge in [-0.2, -0.15) is 0 Å². The van der Waals surface area contributed by atoms with Crippen molar-refractivity contribution in [2.24, 2.45) is 0 Å². The maximum absolute atomic E-state index is 11.5. The molecule has 98 valence electrons. The minimum atomic E-state index is -0.453. The highest BCUT2D eigenvalue weighted by Gasteiger charge is 2.13. The molecular formula is C12H20O5. The standard InChI is InChI=1S/C12H20O5/c1-4-15-9-10(12(14)17-6-3)7-8-11(13)16-5-2/h9H,4-8H2,1-3H3. The van der Waals surface area contributed by atoms with Crippen molar-refractivity contribution >= 4 is 11.9 Å². The lowest BCUT2D eigenvalue weighted by atomic mass is 10.1. The van der Waals surface area contributed by atoms with Crippen molar-refractivity contribution in [3.63, 3.8) is 0 Å². The van der Waals surface area contributed by atoms with E-state index in [0.29, 0.717) is 25.4 Å². The van der Waals surface area contributed by atoms with E-state index in [1.165, 1.54) is 6.26 Å². The van der Waals surface area contributed by atoms with Gasteiger partial charge in [0.25, 0.3) is 0 Å². The van der Waals surface area contributed by atoms with Gasteiger partial charge in [0.05, 0.1) is 31.7 Å². The molecule has 0 saturated carbocycles. The zero-order valence-electron chi connectivity index (χ0n) is 10.7. The van der Waals surface area contributed by atoms with Crippen molar-refractivity contribution < 1.29 is 23.8 Å². The average Bonchev–Trinajstić information content (AvgIpc) is 2.29. The van der Waals surface area contributed by atoms with Crippen molar-refractivity contribution in [1.29, 1.82) is 0 Å². The Hall–Kier alpha value is -1.52. The van der Waals surface area contributed by atoms with E-state index in [-0.39, 0.29) is 18.8 Å². The molecule has 0 aromatic heterocycles. The Morgan fingerprint density at radius 2 is 1.59 bits per heavy atom. The van der Waals surface area contributed by atoms with Gasteiger partial charge in [-0.3, -0.25) is 4.79 Å². The van der Waals surface area contributed by atoms with Crippen LogP contribution in [0.25, 0.3) is 0 Å². The van der Waals surface area contributed by atoms with Crippen LogP contribution in [0, 0.1) is 0 Å². The lowest BCUT2D eigenvalue weighted by molar-refractivity contribution is -0.143. The molecule has 0 aliphatic heterocycles. The second-order valence-corrected chi connectivity index (χ2v) is 3.12. The molecule has 17 heavy (non-hydrogen) atoms. The molecular weight excluding hydrogens is 224 g/mol. The number of carbonyl (C=O) groups is 2. The summed E-state index contributed by atoms with van der Waals surface area (Å²) in [6.07, 6.45) is 1.75. The summed E-state index contributed by atoms with van der Waals surface area (Å²) >= 11 is 0. The average molecular weight is 244 g/mol. The van der Waals surface area contributed by atoms with Gasteiger partial charge >= 0.3 is 11.9 Å². The van der Waals surface area contributed by atoms with Gasteiger partial charge in [0, 0.05) is 6.42 Å².